The molecule has 152 valence electrons. The molecule has 0 radical (unpaired) electrons. The minimum absolute atomic E-state index is 0.154. The summed E-state index contributed by atoms with van der Waals surface area (Å²) in [6.07, 6.45) is 2.27. The average molecular weight is 414 g/mol. The van der Waals surface area contributed by atoms with Gasteiger partial charge in [0.15, 0.2) is 11.5 Å². The molecule has 3 aromatic rings. The maximum absolute atomic E-state index is 12.4. The molecule has 0 aliphatic carbocycles. The Morgan fingerprint density at radius 1 is 1.14 bits per heavy atom. The van der Waals surface area contributed by atoms with Gasteiger partial charge < -0.3 is 19.2 Å². The molecule has 3 rings (SSSR count). The topological polar surface area (TPSA) is 60.7 Å². The van der Waals surface area contributed by atoms with Crippen molar-refractivity contribution in [1.29, 1.82) is 0 Å². The fourth-order valence-electron chi connectivity index (χ4n) is 3.37. The summed E-state index contributed by atoms with van der Waals surface area (Å²) in [5.74, 6) is 1.96. The summed E-state index contributed by atoms with van der Waals surface area (Å²) in [5.41, 5.74) is 3.53. The number of allylic oxidation sites excluding steroid dienone is 1. The molecule has 0 saturated carbocycles. The predicted molar refractivity (Wildman–Crippen MR) is 116 cm³/mol. The quantitative estimate of drug-likeness (QED) is 0.542. The number of hydrogen-bond donors (Lipinski definition) is 1. The zero-order chi connectivity index (χ0) is 21.0. The lowest BCUT2D eigenvalue weighted by Gasteiger charge is -2.10. The molecule has 1 amide bonds. The Labute approximate surface area is 175 Å². The molecule has 1 heterocycles. The van der Waals surface area contributed by atoms with Crippen molar-refractivity contribution < 1.29 is 18.7 Å². The first-order valence-electron chi connectivity index (χ1n) is 9.29. The molecule has 5 nitrogen and oxygen atoms in total. The van der Waals surface area contributed by atoms with Crippen LogP contribution in [0.1, 0.15) is 23.8 Å². The highest BCUT2D eigenvalue weighted by Crippen LogP contribution is 2.32. The third kappa shape index (κ3) is 4.74. The van der Waals surface area contributed by atoms with Gasteiger partial charge in [-0.05, 0) is 61.7 Å². The van der Waals surface area contributed by atoms with E-state index in [-0.39, 0.29) is 5.91 Å². The Hall–Kier alpha value is -2.92. The van der Waals surface area contributed by atoms with Crippen LogP contribution in [0.15, 0.2) is 46.9 Å². The summed E-state index contributed by atoms with van der Waals surface area (Å²) in [7, 11) is 3.21. The number of rotatable bonds is 7. The van der Waals surface area contributed by atoms with Crippen LogP contribution >= 0.6 is 11.6 Å². The molecule has 0 atom stereocenters. The highest BCUT2D eigenvalue weighted by molar-refractivity contribution is 6.31. The van der Waals surface area contributed by atoms with Crippen LogP contribution in [0.5, 0.6) is 11.5 Å². The number of nitrogens with one attached hydrogen (secondary N) is 1. The minimum Gasteiger partial charge on any atom is -0.493 e. The van der Waals surface area contributed by atoms with Gasteiger partial charge >= 0.3 is 0 Å². The number of ether oxygens (including phenoxy) is 2. The van der Waals surface area contributed by atoms with Crippen molar-refractivity contribution in [1.82, 2.24) is 5.32 Å². The van der Waals surface area contributed by atoms with Crippen molar-refractivity contribution in [3.05, 3.63) is 64.4 Å². The number of benzene rings is 2. The van der Waals surface area contributed by atoms with Crippen molar-refractivity contribution in [2.45, 2.75) is 20.3 Å². The molecule has 0 saturated heterocycles. The maximum atomic E-state index is 12.4. The van der Waals surface area contributed by atoms with E-state index in [1.165, 1.54) is 0 Å². The Morgan fingerprint density at radius 2 is 1.90 bits per heavy atom. The third-order valence-corrected chi connectivity index (χ3v) is 4.96. The number of amides is 1. The third-order valence-electron chi connectivity index (χ3n) is 4.73. The molecule has 1 aromatic heterocycles. The first-order valence-corrected chi connectivity index (χ1v) is 9.66. The summed E-state index contributed by atoms with van der Waals surface area (Å²) in [4.78, 5) is 12.4. The highest BCUT2D eigenvalue weighted by Gasteiger charge is 2.14. The van der Waals surface area contributed by atoms with Crippen molar-refractivity contribution in [2.24, 2.45) is 0 Å². The van der Waals surface area contributed by atoms with Crippen LogP contribution in [0.4, 0.5) is 0 Å². The normalized spacial score (nSPS) is 11.6. The molecule has 29 heavy (non-hydrogen) atoms. The van der Waals surface area contributed by atoms with E-state index in [2.05, 4.69) is 5.32 Å². The molecule has 0 aliphatic heterocycles. The molecule has 0 fully saturated rings. The molecular formula is C23H24ClNO4. The summed E-state index contributed by atoms with van der Waals surface area (Å²) in [6.45, 7) is 4.29. The zero-order valence-electron chi connectivity index (χ0n) is 17.0. The van der Waals surface area contributed by atoms with Gasteiger partial charge in [0.05, 0.1) is 14.2 Å². The average Bonchev–Trinajstić information content (AvgIpc) is 3.02. The first kappa shape index (κ1) is 20.8. The molecule has 0 aliphatic rings. The summed E-state index contributed by atoms with van der Waals surface area (Å²) in [5, 5.41) is 4.46. The first-order chi connectivity index (χ1) is 13.9. The van der Waals surface area contributed by atoms with E-state index >= 15 is 0 Å². The second-order valence-electron chi connectivity index (χ2n) is 6.73. The Morgan fingerprint density at radius 3 is 2.62 bits per heavy atom. The smallest absolute Gasteiger partial charge is 0.244 e. The lowest BCUT2D eigenvalue weighted by atomic mass is 10.0. The molecule has 0 unspecified atom stereocenters. The Bertz CT molecular complexity index is 1070. The van der Waals surface area contributed by atoms with Gasteiger partial charge in [0.2, 0.25) is 5.91 Å². The number of furan rings is 1. The van der Waals surface area contributed by atoms with Crippen LogP contribution in [-0.2, 0) is 11.2 Å². The molecule has 2 aromatic carbocycles. The van der Waals surface area contributed by atoms with Crippen molar-refractivity contribution in [2.75, 3.05) is 20.8 Å². The van der Waals surface area contributed by atoms with Gasteiger partial charge in [-0.2, -0.15) is 0 Å². The second-order valence-corrected chi connectivity index (χ2v) is 7.17. The molecule has 6 heteroatoms. The van der Waals surface area contributed by atoms with E-state index in [0.29, 0.717) is 29.5 Å². The van der Waals surface area contributed by atoms with Crippen molar-refractivity contribution >= 4 is 34.1 Å². The maximum Gasteiger partial charge on any atom is 0.244 e. The van der Waals surface area contributed by atoms with E-state index < -0.39 is 0 Å². The van der Waals surface area contributed by atoms with Gasteiger partial charge in [-0.1, -0.05) is 17.7 Å². The van der Waals surface area contributed by atoms with Gasteiger partial charge in [-0.25, -0.2) is 0 Å². The summed E-state index contributed by atoms with van der Waals surface area (Å²) >= 11 is 6.12. The lowest BCUT2D eigenvalue weighted by Crippen LogP contribution is -2.23. The Balaban J connectivity index is 1.67. The fraction of sp³-hybridized carbons (Fsp3) is 0.261. The van der Waals surface area contributed by atoms with E-state index in [0.717, 1.165) is 33.4 Å². The summed E-state index contributed by atoms with van der Waals surface area (Å²) in [6, 6.07) is 11.2. The Kier molecular flexibility index (Phi) is 6.49. The van der Waals surface area contributed by atoms with Gasteiger partial charge in [-0.15, -0.1) is 0 Å². The monoisotopic (exact) mass is 413 g/mol. The van der Waals surface area contributed by atoms with E-state index in [4.69, 9.17) is 25.5 Å². The van der Waals surface area contributed by atoms with Crippen LogP contribution in [0.25, 0.3) is 16.5 Å². The van der Waals surface area contributed by atoms with Crippen molar-refractivity contribution in [3.8, 4) is 11.5 Å². The van der Waals surface area contributed by atoms with Crippen LogP contribution in [0.3, 0.4) is 0 Å². The number of halogens is 1. The predicted octanol–water partition coefficient (Wildman–Crippen LogP) is 5.17. The second kappa shape index (κ2) is 9.05. The SMILES string of the molecule is COc1ccc(CCNC(=O)/C=C(/C)c2c(C)oc3ccc(Cl)cc23)cc1OC. The fourth-order valence-corrected chi connectivity index (χ4v) is 3.54. The number of fused-ring (bicyclic) bond motifs is 1. The molecule has 0 bridgehead atoms. The zero-order valence-corrected chi connectivity index (χ0v) is 17.7. The molecule has 0 spiro atoms. The molecule has 1 N–H and O–H groups in total. The van der Waals surface area contributed by atoms with Crippen LogP contribution in [0, 0.1) is 6.92 Å². The van der Waals surface area contributed by atoms with E-state index in [9.17, 15) is 4.79 Å². The van der Waals surface area contributed by atoms with Crippen LogP contribution < -0.4 is 14.8 Å². The van der Waals surface area contributed by atoms with Crippen LogP contribution in [-0.4, -0.2) is 26.7 Å². The van der Waals surface area contributed by atoms with Gasteiger partial charge in [0.1, 0.15) is 11.3 Å². The van der Waals surface area contributed by atoms with E-state index in [1.54, 1.807) is 26.4 Å². The van der Waals surface area contributed by atoms with Gasteiger partial charge in [-0.3, -0.25) is 4.79 Å². The largest absolute Gasteiger partial charge is 0.493 e. The number of aryl methyl sites for hydroxylation is 1. The molecular weight excluding hydrogens is 390 g/mol. The van der Waals surface area contributed by atoms with E-state index in [1.807, 2.05) is 44.2 Å². The van der Waals surface area contributed by atoms with Crippen molar-refractivity contribution in [3.63, 3.8) is 0 Å². The minimum atomic E-state index is -0.154. The van der Waals surface area contributed by atoms with Gasteiger partial charge in [0.25, 0.3) is 0 Å². The standard InChI is InChI=1S/C23H24ClNO4/c1-14(23-15(2)29-19-8-6-17(24)13-18(19)23)11-22(26)25-10-9-16-5-7-20(27-3)21(12-16)28-4/h5-8,11-13H,9-10H2,1-4H3,(H,25,26)/b14-11-. The number of methoxy groups -OCH3 is 2. The van der Waals surface area contributed by atoms with Crippen LogP contribution in [0.2, 0.25) is 5.02 Å². The summed E-state index contributed by atoms with van der Waals surface area (Å²) < 4.78 is 16.3. The lowest BCUT2D eigenvalue weighted by molar-refractivity contribution is -0.116. The number of carbonyl (C=O) groups excluding carboxylic acids is 1. The highest BCUT2D eigenvalue weighted by atomic mass is 35.5. The number of carbonyl (C=O) groups is 1. The van der Waals surface area contributed by atoms with Gasteiger partial charge in [0, 0.05) is 28.6 Å². The number of hydrogen-bond acceptors (Lipinski definition) is 4.